The van der Waals surface area contributed by atoms with E-state index in [2.05, 4.69) is 18.2 Å². The van der Waals surface area contributed by atoms with Crippen LogP contribution in [0.25, 0.3) is 11.1 Å². The van der Waals surface area contributed by atoms with Gasteiger partial charge >= 0.3 is 6.09 Å². The lowest BCUT2D eigenvalue weighted by molar-refractivity contribution is -0.0272. The second kappa shape index (κ2) is 8.03. The largest absolute Gasteiger partial charge is 0.487 e. The van der Waals surface area contributed by atoms with Crippen LogP contribution < -0.4 is 4.74 Å². The third-order valence-electron chi connectivity index (χ3n) is 6.19. The summed E-state index contributed by atoms with van der Waals surface area (Å²) in [7, 11) is 0. The van der Waals surface area contributed by atoms with E-state index >= 15 is 0 Å². The third-order valence-corrected chi connectivity index (χ3v) is 6.19. The van der Waals surface area contributed by atoms with Crippen LogP contribution in [-0.2, 0) is 11.2 Å². The van der Waals surface area contributed by atoms with E-state index in [-0.39, 0.29) is 17.5 Å². The predicted octanol–water partition coefficient (Wildman–Crippen LogP) is 5.65. The molecule has 0 bridgehead atoms. The van der Waals surface area contributed by atoms with Crippen molar-refractivity contribution in [2.24, 2.45) is 0 Å². The molecule has 5 heteroatoms. The maximum Gasteiger partial charge on any atom is 0.410 e. The molecule has 164 valence electrons. The molecule has 2 aliphatic rings. The molecule has 0 aromatic heterocycles. The molecule has 2 aromatic carbocycles. The van der Waals surface area contributed by atoms with Crippen LogP contribution in [0.5, 0.6) is 5.75 Å². The lowest BCUT2D eigenvalue weighted by atomic mass is 9.82. The minimum atomic E-state index is -0.476. The fraction of sp³-hybridized carbons (Fsp3) is 0.462. The van der Waals surface area contributed by atoms with Crippen molar-refractivity contribution in [3.63, 3.8) is 0 Å². The molecule has 1 spiro atoms. The Morgan fingerprint density at radius 3 is 2.23 bits per heavy atom. The number of benzene rings is 2. The van der Waals surface area contributed by atoms with Crippen molar-refractivity contribution < 1.29 is 19.1 Å². The highest BCUT2D eigenvalue weighted by Crippen LogP contribution is 2.41. The number of piperidine rings is 1. The van der Waals surface area contributed by atoms with Gasteiger partial charge in [-0.25, -0.2) is 4.79 Å². The highest BCUT2D eigenvalue weighted by atomic mass is 16.6. The van der Waals surface area contributed by atoms with Crippen molar-refractivity contribution in [3.8, 4) is 16.9 Å². The zero-order chi connectivity index (χ0) is 22.2. The molecule has 31 heavy (non-hydrogen) atoms. The molecular formula is C26H31NO4. The van der Waals surface area contributed by atoms with Crippen LogP contribution in [-0.4, -0.2) is 41.1 Å². The Kier molecular flexibility index (Phi) is 5.54. The molecule has 0 unspecified atom stereocenters. The number of carbonyl (C=O) groups is 2. The summed E-state index contributed by atoms with van der Waals surface area (Å²) in [5.74, 6) is 1.02. The summed E-state index contributed by atoms with van der Waals surface area (Å²) in [6.07, 6.45) is 3.31. The van der Waals surface area contributed by atoms with Crippen LogP contribution >= 0.6 is 0 Å². The Hall–Kier alpha value is -2.82. The zero-order valence-corrected chi connectivity index (χ0v) is 18.9. The number of hydrogen-bond acceptors (Lipinski definition) is 4. The van der Waals surface area contributed by atoms with Crippen molar-refractivity contribution in [1.29, 1.82) is 0 Å². The second-order valence-corrected chi connectivity index (χ2v) is 9.71. The average molecular weight is 422 g/mol. The van der Waals surface area contributed by atoms with Crippen molar-refractivity contribution in [2.75, 3.05) is 13.1 Å². The Morgan fingerprint density at radius 2 is 1.61 bits per heavy atom. The average Bonchev–Trinajstić information content (AvgIpc) is 2.73. The van der Waals surface area contributed by atoms with Gasteiger partial charge < -0.3 is 14.4 Å². The topological polar surface area (TPSA) is 55.8 Å². The van der Waals surface area contributed by atoms with Crippen LogP contribution in [0.3, 0.4) is 0 Å². The third kappa shape index (κ3) is 4.76. The number of hydrogen-bond donors (Lipinski definition) is 0. The Labute approximate surface area is 184 Å². The number of ketones is 1. The molecule has 1 fully saturated rings. The van der Waals surface area contributed by atoms with Gasteiger partial charge in [0.05, 0.1) is 0 Å². The van der Waals surface area contributed by atoms with Crippen LogP contribution in [0, 0.1) is 0 Å². The van der Waals surface area contributed by atoms with Gasteiger partial charge in [0.1, 0.15) is 17.0 Å². The molecule has 2 aromatic rings. The van der Waals surface area contributed by atoms with Gasteiger partial charge in [-0.05, 0) is 69.4 Å². The van der Waals surface area contributed by atoms with Gasteiger partial charge in [-0.1, -0.05) is 30.3 Å². The normalized spacial score (nSPS) is 17.6. The van der Waals surface area contributed by atoms with E-state index in [0.29, 0.717) is 13.1 Å². The Bertz CT molecular complexity index is 979. The lowest BCUT2D eigenvalue weighted by Crippen LogP contribution is -2.52. The predicted molar refractivity (Wildman–Crippen MR) is 121 cm³/mol. The van der Waals surface area contributed by atoms with Crippen molar-refractivity contribution in [3.05, 3.63) is 53.6 Å². The first-order valence-corrected chi connectivity index (χ1v) is 11.1. The number of likely N-dealkylation sites (tertiary alicyclic amines) is 1. The quantitative estimate of drug-likeness (QED) is 0.588. The van der Waals surface area contributed by atoms with Crippen LogP contribution in [0.1, 0.15) is 62.9 Å². The minimum Gasteiger partial charge on any atom is -0.487 e. The van der Waals surface area contributed by atoms with Gasteiger partial charge in [0.25, 0.3) is 0 Å². The first-order chi connectivity index (χ1) is 14.6. The summed E-state index contributed by atoms with van der Waals surface area (Å²) in [4.78, 5) is 25.7. The number of rotatable bonds is 2. The highest BCUT2D eigenvalue weighted by molar-refractivity contribution is 5.94. The van der Waals surface area contributed by atoms with E-state index in [1.54, 1.807) is 11.8 Å². The standard InChI is InChI=1S/C26H31NO4/c1-18(28)19-5-7-20(8-6-19)21-9-10-23-22(17-21)11-12-26(30-23)13-15-27(16-14-26)24(29)31-25(2,3)4/h5-10,17H,11-16H2,1-4H3. The van der Waals surface area contributed by atoms with Gasteiger partial charge in [-0.3, -0.25) is 4.79 Å². The van der Waals surface area contributed by atoms with Crippen LogP contribution in [0.4, 0.5) is 4.79 Å². The van der Waals surface area contributed by atoms with Gasteiger partial charge in [-0.2, -0.15) is 0 Å². The number of carbonyl (C=O) groups excluding carboxylic acids is 2. The molecule has 0 saturated carbocycles. The molecule has 5 nitrogen and oxygen atoms in total. The van der Waals surface area contributed by atoms with Crippen LogP contribution in [0.15, 0.2) is 42.5 Å². The van der Waals surface area contributed by atoms with Gasteiger partial charge in [-0.15, -0.1) is 0 Å². The number of aryl methyl sites for hydroxylation is 1. The fourth-order valence-corrected chi connectivity index (χ4v) is 4.37. The summed E-state index contributed by atoms with van der Waals surface area (Å²) < 4.78 is 12.0. The van der Waals surface area contributed by atoms with E-state index in [1.165, 1.54) is 5.56 Å². The lowest BCUT2D eigenvalue weighted by Gasteiger charge is -2.44. The van der Waals surface area contributed by atoms with Crippen molar-refractivity contribution in [2.45, 2.75) is 64.6 Å². The summed E-state index contributed by atoms with van der Waals surface area (Å²) in [5, 5.41) is 0. The smallest absolute Gasteiger partial charge is 0.410 e. The summed E-state index contributed by atoms with van der Waals surface area (Å²) in [6, 6.07) is 14.1. The summed E-state index contributed by atoms with van der Waals surface area (Å²) in [6.45, 7) is 8.57. The van der Waals surface area contributed by atoms with E-state index in [9.17, 15) is 9.59 Å². The monoisotopic (exact) mass is 421 g/mol. The maximum atomic E-state index is 12.4. The molecule has 0 aliphatic carbocycles. The van der Waals surface area contributed by atoms with E-state index in [0.717, 1.165) is 48.1 Å². The fourth-order valence-electron chi connectivity index (χ4n) is 4.37. The Morgan fingerprint density at radius 1 is 0.968 bits per heavy atom. The first-order valence-electron chi connectivity index (χ1n) is 11.1. The maximum absolute atomic E-state index is 12.4. The highest BCUT2D eigenvalue weighted by Gasteiger charge is 2.41. The minimum absolute atomic E-state index is 0.0772. The summed E-state index contributed by atoms with van der Waals surface area (Å²) >= 11 is 0. The summed E-state index contributed by atoms with van der Waals surface area (Å²) in [5.41, 5.74) is 3.50. The molecule has 0 atom stereocenters. The number of ether oxygens (including phenoxy) is 2. The molecule has 0 N–H and O–H groups in total. The first kappa shape index (κ1) is 21.4. The number of nitrogens with zero attached hydrogens (tertiary/aromatic N) is 1. The Balaban J connectivity index is 1.43. The second-order valence-electron chi connectivity index (χ2n) is 9.71. The molecule has 1 amide bonds. The molecular weight excluding hydrogens is 390 g/mol. The van der Waals surface area contributed by atoms with E-state index < -0.39 is 5.60 Å². The molecule has 4 rings (SSSR count). The number of fused-ring (bicyclic) bond motifs is 1. The molecule has 2 heterocycles. The van der Waals surface area contributed by atoms with Gasteiger partial charge in [0.2, 0.25) is 0 Å². The van der Waals surface area contributed by atoms with E-state index in [4.69, 9.17) is 9.47 Å². The van der Waals surface area contributed by atoms with Gasteiger partial charge in [0, 0.05) is 31.5 Å². The van der Waals surface area contributed by atoms with E-state index in [1.807, 2.05) is 45.0 Å². The number of amides is 1. The van der Waals surface area contributed by atoms with Gasteiger partial charge in [0.15, 0.2) is 5.78 Å². The molecule has 1 saturated heterocycles. The molecule has 0 radical (unpaired) electrons. The molecule has 2 aliphatic heterocycles. The SMILES string of the molecule is CC(=O)c1ccc(-c2ccc3c(c2)CCC2(CCN(C(=O)OC(C)(C)C)CC2)O3)cc1. The zero-order valence-electron chi connectivity index (χ0n) is 18.9. The van der Waals surface area contributed by atoms with Crippen LogP contribution in [0.2, 0.25) is 0 Å². The van der Waals surface area contributed by atoms with Crippen molar-refractivity contribution in [1.82, 2.24) is 4.90 Å². The van der Waals surface area contributed by atoms with Crippen molar-refractivity contribution >= 4 is 11.9 Å². The number of Topliss-reactive ketones (excluding diaryl/α,β-unsaturated/α-hetero) is 1.